The summed E-state index contributed by atoms with van der Waals surface area (Å²) in [7, 11) is 0. The Morgan fingerprint density at radius 3 is 2.35 bits per heavy atom. The first-order chi connectivity index (χ1) is 7.76. The number of thiol groups is 1. The number of hydrogen-bond donors (Lipinski definition) is 2. The van der Waals surface area contributed by atoms with Gasteiger partial charge in [-0.25, -0.2) is 8.78 Å². The van der Waals surface area contributed by atoms with Gasteiger partial charge in [0.2, 0.25) is 5.75 Å². The van der Waals surface area contributed by atoms with Crippen LogP contribution in [-0.2, 0) is 0 Å². The molecule has 1 aromatic rings. The summed E-state index contributed by atoms with van der Waals surface area (Å²) in [5.41, 5.74) is 5.11. The van der Waals surface area contributed by atoms with E-state index < -0.39 is 29.8 Å². The smallest absolute Gasteiger partial charge is 0.399 e. The van der Waals surface area contributed by atoms with Crippen molar-refractivity contribution in [3.05, 3.63) is 29.3 Å². The van der Waals surface area contributed by atoms with Crippen LogP contribution in [0.3, 0.4) is 0 Å². The molecule has 0 heterocycles. The van der Waals surface area contributed by atoms with E-state index in [1.807, 2.05) is 0 Å². The van der Waals surface area contributed by atoms with Gasteiger partial charge in [0.1, 0.15) is 0 Å². The Morgan fingerprint density at radius 1 is 1.29 bits per heavy atom. The van der Waals surface area contributed by atoms with Crippen molar-refractivity contribution in [3.63, 3.8) is 0 Å². The molecule has 0 radical (unpaired) electrons. The summed E-state index contributed by atoms with van der Waals surface area (Å²) in [5.74, 6) is -4.43. The highest BCUT2D eigenvalue weighted by Crippen LogP contribution is 2.32. The molecule has 1 rings (SSSR count). The highest BCUT2D eigenvalue weighted by Gasteiger charge is 2.34. The fraction of sp³-hybridized carbons (Fsp3) is 0.333. The van der Waals surface area contributed by atoms with Crippen molar-refractivity contribution in [1.29, 1.82) is 0 Å². The Kier molecular flexibility index (Phi) is 4.21. The van der Waals surface area contributed by atoms with E-state index in [4.69, 9.17) is 5.73 Å². The molecule has 0 saturated heterocycles. The summed E-state index contributed by atoms with van der Waals surface area (Å²) >= 11 is 3.77. The molecule has 0 amide bonds. The Labute approximate surface area is 99.0 Å². The number of alkyl halides is 3. The molecule has 8 heteroatoms. The summed E-state index contributed by atoms with van der Waals surface area (Å²) < 4.78 is 65.5. The molecule has 0 aliphatic carbocycles. The van der Waals surface area contributed by atoms with Gasteiger partial charge in [0.25, 0.3) is 0 Å². The number of halogens is 5. The van der Waals surface area contributed by atoms with Gasteiger partial charge in [-0.2, -0.15) is 12.6 Å². The topological polar surface area (TPSA) is 35.2 Å². The molecular formula is C9H8F5NOS. The summed E-state index contributed by atoms with van der Waals surface area (Å²) in [5, 5.41) is 0. The van der Waals surface area contributed by atoms with Gasteiger partial charge in [-0.1, -0.05) is 6.07 Å². The van der Waals surface area contributed by atoms with Gasteiger partial charge in [-0.05, 0) is 6.07 Å². The van der Waals surface area contributed by atoms with Gasteiger partial charge >= 0.3 is 6.36 Å². The van der Waals surface area contributed by atoms with Crippen LogP contribution in [-0.4, -0.2) is 12.1 Å². The van der Waals surface area contributed by atoms with Crippen molar-refractivity contribution < 1.29 is 26.7 Å². The monoisotopic (exact) mass is 273 g/mol. The van der Waals surface area contributed by atoms with E-state index in [2.05, 4.69) is 17.4 Å². The lowest BCUT2D eigenvalue weighted by Crippen LogP contribution is -2.21. The average molecular weight is 273 g/mol. The third kappa shape index (κ3) is 3.47. The van der Waals surface area contributed by atoms with Crippen LogP contribution < -0.4 is 10.5 Å². The highest BCUT2D eigenvalue weighted by atomic mass is 32.1. The molecule has 0 aliphatic heterocycles. The molecule has 1 atom stereocenters. The zero-order valence-corrected chi connectivity index (χ0v) is 9.16. The first-order valence-corrected chi connectivity index (χ1v) is 4.99. The highest BCUT2D eigenvalue weighted by molar-refractivity contribution is 7.80. The van der Waals surface area contributed by atoms with Crippen molar-refractivity contribution in [1.82, 2.24) is 0 Å². The van der Waals surface area contributed by atoms with Crippen LogP contribution in [0.15, 0.2) is 12.1 Å². The molecular weight excluding hydrogens is 265 g/mol. The molecule has 0 spiro atoms. The normalized spacial score (nSPS) is 13.6. The van der Waals surface area contributed by atoms with Gasteiger partial charge < -0.3 is 10.5 Å². The SMILES string of the molecule is NC(CS)c1ccc(F)c(OC(F)(F)F)c1F. The largest absolute Gasteiger partial charge is 0.573 e. The molecule has 2 N–H and O–H groups in total. The molecule has 0 bridgehead atoms. The molecule has 96 valence electrons. The molecule has 1 aromatic carbocycles. The van der Waals surface area contributed by atoms with E-state index in [9.17, 15) is 22.0 Å². The van der Waals surface area contributed by atoms with Crippen molar-refractivity contribution in [3.8, 4) is 5.75 Å². The summed E-state index contributed by atoms with van der Waals surface area (Å²) in [6.45, 7) is 0. The zero-order chi connectivity index (χ0) is 13.2. The molecule has 2 nitrogen and oxygen atoms in total. The summed E-state index contributed by atoms with van der Waals surface area (Å²) in [6, 6.07) is 0.659. The fourth-order valence-electron chi connectivity index (χ4n) is 1.14. The van der Waals surface area contributed by atoms with E-state index in [1.54, 1.807) is 0 Å². The third-order valence-corrected chi connectivity index (χ3v) is 2.29. The van der Waals surface area contributed by atoms with Gasteiger partial charge in [-0.3, -0.25) is 0 Å². The maximum Gasteiger partial charge on any atom is 0.573 e. The second-order valence-corrected chi connectivity index (χ2v) is 3.48. The van der Waals surface area contributed by atoms with Crippen molar-refractivity contribution in [2.45, 2.75) is 12.4 Å². The number of ether oxygens (including phenoxy) is 1. The Bertz CT molecular complexity index is 409. The van der Waals surface area contributed by atoms with Crippen molar-refractivity contribution in [2.24, 2.45) is 5.73 Å². The predicted molar refractivity (Wildman–Crippen MR) is 53.8 cm³/mol. The van der Waals surface area contributed by atoms with Crippen molar-refractivity contribution >= 4 is 12.6 Å². The van der Waals surface area contributed by atoms with Crippen LogP contribution in [0.1, 0.15) is 11.6 Å². The lowest BCUT2D eigenvalue weighted by Gasteiger charge is -2.15. The second-order valence-electron chi connectivity index (χ2n) is 3.12. The van der Waals surface area contributed by atoms with Crippen LogP contribution in [0.4, 0.5) is 22.0 Å². The molecule has 17 heavy (non-hydrogen) atoms. The van der Waals surface area contributed by atoms with E-state index >= 15 is 0 Å². The minimum atomic E-state index is -5.18. The average Bonchev–Trinajstić information content (AvgIpc) is 2.22. The molecule has 1 unspecified atom stereocenters. The van der Waals surface area contributed by atoms with E-state index in [1.165, 1.54) is 0 Å². The molecule has 0 aromatic heterocycles. The van der Waals surface area contributed by atoms with Gasteiger partial charge in [-0.15, -0.1) is 13.2 Å². The summed E-state index contributed by atoms with van der Waals surface area (Å²) in [4.78, 5) is 0. The second kappa shape index (κ2) is 5.09. The Balaban J connectivity index is 3.20. The van der Waals surface area contributed by atoms with Crippen LogP contribution >= 0.6 is 12.6 Å². The van der Waals surface area contributed by atoms with Crippen LogP contribution in [0.2, 0.25) is 0 Å². The number of nitrogens with two attached hydrogens (primary N) is 1. The quantitative estimate of drug-likeness (QED) is 0.656. The Morgan fingerprint density at radius 2 is 1.88 bits per heavy atom. The maximum absolute atomic E-state index is 13.5. The van der Waals surface area contributed by atoms with Gasteiger partial charge in [0.05, 0.1) is 0 Å². The van der Waals surface area contributed by atoms with E-state index in [0.29, 0.717) is 6.07 Å². The van der Waals surface area contributed by atoms with Gasteiger partial charge in [0.15, 0.2) is 11.6 Å². The minimum Gasteiger partial charge on any atom is -0.399 e. The first kappa shape index (κ1) is 14.0. The maximum atomic E-state index is 13.5. The zero-order valence-electron chi connectivity index (χ0n) is 8.26. The van der Waals surface area contributed by atoms with Crippen molar-refractivity contribution in [2.75, 3.05) is 5.75 Å². The lowest BCUT2D eigenvalue weighted by molar-refractivity contribution is -0.276. The number of hydrogen-bond acceptors (Lipinski definition) is 3. The van der Waals surface area contributed by atoms with Crippen LogP contribution in [0, 0.1) is 11.6 Å². The van der Waals surface area contributed by atoms with Crippen LogP contribution in [0.25, 0.3) is 0 Å². The van der Waals surface area contributed by atoms with Gasteiger partial charge in [0, 0.05) is 17.4 Å². The Hall–Kier alpha value is -1.02. The lowest BCUT2D eigenvalue weighted by atomic mass is 10.1. The predicted octanol–water partition coefficient (Wildman–Crippen LogP) is 2.79. The minimum absolute atomic E-state index is 0.00594. The van der Waals surface area contributed by atoms with E-state index in [-0.39, 0.29) is 11.3 Å². The molecule has 0 aliphatic rings. The summed E-state index contributed by atoms with van der Waals surface area (Å²) in [6.07, 6.45) is -5.18. The first-order valence-electron chi connectivity index (χ1n) is 4.36. The van der Waals surface area contributed by atoms with E-state index in [0.717, 1.165) is 6.07 Å². The molecule has 0 saturated carbocycles. The standard InChI is InChI=1S/C9H8F5NOS/c10-5-2-1-4(6(15)3-17)7(11)8(5)16-9(12,13)14/h1-2,6,17H,3,15H2. The van der Waals surface area contributed by atoms with Crippen LogP contribution in [0.5, 0.6) is 5.75 Å². The number of benzene rings is 1. The number of rotatable bonds is 3. The third-order valence-electron chi connectivity index (χ3n) is 1.89. The molecule has 0 fully saturated rings. The fourth-order valence-corrected chi connectivity index (χ4v) is 1.34.